The van der Waals surface area contributed by atoms with Crippen LogP contribution in [0.25, 0.3) is 0 Å². The molecule has 1 rings (SSSR count). The number of nitrogens with two attached hydrogens (primary N) is 1. The topological polar surface area (TPSA) is 84.2 Å². The van der Waals surface area contributed by atoms with Gasteiger partial charge in [-0.05, 0) is 30.4 Å². The normalized spacial score (nSPS) is 11.1. The lowest BCUT2D eigenvalue weighted by Gasteiger charge is -2.08. The molecule has 0 spiro atoms. The van der Waals surface area contributed by atoms with Crippen molar-refractivity contribution in [3.8, 4) is 0 Å². The van der Waals surface area contributed by atoms with Gasteiger partial charge >= 0.3 is 0 Å². The number of hydrazine groups is 1. The maximum absolute atomic E-state index is 13.1. The molecule has 0 heterocycles. The Balaban J connectivity index is 3.07. The number of hydrogen-bond donors (Lipinski definition) is 3. The minimum Gasteiger partial charge on any atom is -0.375 e. The van der Waals surface area contributed by atoms with Gasteiger partial charge in [-0.3, -0.25) is 5.43 Å². The number of benzene rings is 1. The van der Waals surface area contributed by atoms with Crippen molar-refractivity contribution in [2.75, 3.05) is 0 Å². The van der Waals surface area contributed by atoms with Crippen LogP contribution in [0.15, 0.2) is 23.1 Å². The molecule has 0 aliphatic rings. The highest BCUT2D eigenvalue weighted by molar-refractivity contribution is 7.89. The predicted octanol–water partition coefficient (Wildman–Crippen LogP) is -0.00870. The number of sulfonamides is 1. The van der Waals surface area contributed by atoms with Crippen molar-refractivity contribution in [2.24, 2.45) is 5.73 Å². The van der Waals surface area contributed by atoms with E-state index in [0.717, 1.165) is 6.07 Å². The smallest absolute Gasteiger partial charge is 0.260 e. The van der Waals surface area contributed by atoms with Crippen molar-refractivity contribution < 1.29 is 17.2 Å². The average Bonchev–Trinajstić information content (AvgIpc) is 2.19. The second-order valence-electron chi connectivity index (χ2n) is 2.67. The lowest BCUT2D eigenvalue weighted by atomic mass is 10.3. The third-order valence-electron chi connectivity index (χ3n) is 1.49. The number of nitrogens with one attached hydrogen (secondary N) is 2. The minimum absolute atomic E-state index is 0.347. The van der Waals surface area contributed by atoms with Gasteiger partial charge in [-0.2, -0.15) is 0 Å². The summed E-state index contributed by atoms with van der Waals surface area (Å²) in [5, 5.41) is -0.347. The van der Waals surface area contributed by atoms with Gasteiger partial charge in [0.25, 0.3) is 10.0 Å². The number of thiocarbonyl (C=S) groups is 1. The van der Waals surface area contributed by atoms with Gasteiger partial charge in [-0.1, -0.05) is 0 Å². The van der Waals surface area contributed by atoms with Crippen molar-refractivity contribution in [1.82, 2.24) is 10.3 Å². The standard InChI is InChI=1S/C7H7F2N3O2S2/c8-4-1-2-5(9)6(3-4)16(13,14)12-11-7(10)15/h1-3,12H,(H3,10,11,15). The van der Waals surface area contributed by atoms with E-state index in [1.165, 1.54) is 0 Å². The highest BCUT2D eigenvalue weighted by atomic mass is 32.2. The van der Waals surface area contributed by atoms with E-state index < -0.39 is 26.6 Å². The van der Waals surface area contributed by atoms with Crippen molar-refractivity contribution in [2.45, 2.75) is 4.90 Å². The van der Waals surface area contributed by atoms with Crippen LogP contribution in [0.2, 0.25) is 0 Å². The molecule has 4 N–H and O–H groups in total. The van der Waals surface area contributed by atoms with Crippen LogP contribution in [0, 0.1) is 11.6 Å². The van der Waals surface area contributed by atoms with Gasteiger partial charge in [0.05, 0.1) is 0 Å². The minimum atomic E-state index is -4.25. The second kappa shape index (κ2) is 4.68. The number of rotatable bonds is 3. The predicted molar refractivity (Wildman–Crippen MR) is 56.6 cm³/mol. The van der Waals surface area contributed by atoms with E-state index in [-0.39, 0.29) is 5.11 Å². The van der Waals surface area contributed by atoms with E-state index >= 15 is 0 Å². The summed E-state index contributed by atoms with van der Waals surface area (Å²) in [6, 6.07) is 2.04. The number of halogens is 2. The molecule has 0 radical (unpaired) electrons. The lowest BCUT2D eigenvalue weighted by Crippen LogP contribution is -2.44. The summed E-state index contributed by atoms with van der Waals surface area (Å²) in [5.74, 6) is -1.96. The summed E-state index contributed by atoms with van der Waals surface area (Å²) in [6.45, 7) is 0. The van der Waals surface area contributed by atoms with Crippen LogP contribution in [0.1, 0.15) is 0 Å². The van der Waals surface area contributed by atoms with Crippen LogP contribution >= 0.6 is 12.2 Å². The number of hydrogen-bond acceptors (Lipinski definition) is 3. The molecular formula is C7H7F2N3O2S2. The molecule has 0 bridgehead atoms. The van der Waals surface area contributed by atoms with Crippen molar-refractivity contribution in [1.29, 1.82) is 0 Å². The molecule has 0 unspecified atom stereocenters. The molecular weight excluding hydrogens is 260 g/mol. The van der Waals surface area contributed by atoms with E-state index in [2.05, 4.69) is 12.2 Å². The van der Waals surface area contributed by atoms with Gasteiger partial charge in [-0.25, -0.2) is 17.2 Å². The van der Waals surface area contributed by atoms with E-state index in [9.17, 15) is 17.2 Å². The van der Waals surface area contributed by atoms with Crippen LogP contribution in [0.4, 0.5) is 8.78 Å². The second-order valence-corrected chi connectivity index (χ2v) is 4.76. The quantitative estimate of drug-likeness (QED) is 0.530. The van der Waals surface area contributed by atoms with E-state index in [0.29, 0.717) is 12.1 Å². The Morgan fingerprint density at radius 3 is 2.56 bits per heavy atom. The summed E-state index contributed by atoms with van der Waals surface area (Å²) in [4.78, 5) is 0.855. The molecule has 88 valence electrons. The van der Waals surface area contributed by atoms with Gasteiger partial charge in [0, 0.05) is 0 Å². The molecule has 16 heavy (non-hydrogen) atoms. The van der Waals surface area contributed by atoms with Crippen molar-refractivity contribution in [3.63, 3.8) is 0 Å². The third kappa shape index (κ3) is 3.08. The molecule has 0 aliphatic heterocycles. The molecule has 1 aromatic rings. The van der Waals surface area contributed by atoms with Crippen molar-refractivity contribution in [3.05, 3.63) is 29.8 Å². The summed E-state index contributed by atoms with van der Waals surface area (Å²) >= 11 is 4.34. The summed E-state index contributed by atoms with van der Waals surface area (Å²) in [7, 11) is -4.25. The first-order valence-corrected chi connectivity index (χ1v) is 5.74. The maximum Gasteiger partial charge on any atom is 0.260 e. The Hall–Kier alpha value is -1.32. The Labute approximate surface area is 95.7 Å². The fourth-order valence-electron chi connectivity index (χ4n) is 0.856. The lowest BCUT2D eigenvalue weighted by molar-refractivity contribution is 0.543. The first kappa shape index (κ1) is 12.7. The molecule has 0 saturated heterocycles. The first-order chi connectivity index (χ1) is 7.33. The van der Waals surface area contributed by atoms with E-state index in [1.54, 1.807) is 4.83 Å². The van der Waals surface area contributed by atoms with Gasteiger partial charge in [0.1, 0.15) is 16.5 Å². The zero-order valence-corrected chi connectivity index (χ0v) is 9.33. The summed E-state index contributed by atoms with van der Waals surface area (Å²) in [6.07, 6.45) is 0. The molecule has 5 nitrogen and oxygen atoms in total. The molecule has 1 aromatic carbocycles. The van der Waals surface area contributed by atoms with E-state index in [4.69, 9.17) is 5.73 Å². The van der Waals surface area contributed by atoms with Gasteiger partial charge in [0.15, 0.2) is 5.11 Å². The zero-order chi connectivity index (χ0) is 12.3. The average molecular weight is 267 g/mol. The molecule has 0 aromatic heterocycles. The highest BCUT2D eigenvalue weighted by Crippen LogP contribution is 2.14. The van der Waals surface area contributed by atoms with Crippen LogP contribution in [0.3, 0.4) is 0 Å². The summed E-state index contributed by atoms with van der Waals surface area (Å²) in [5.41, 5.74) is 6.88. The Bertz CT molecular complexity index is 518. The maximum atomic E-state index is 13.1. The third-order valence-corrected chi connectivity index (χ3v) is 2.86. The SMILES string of the molecule is NC(=S)NNS(=O)(=O)c1cc(F)ccc1F. The van der Waals surface area contributed by atoms with Crippen LogP contribution < -0.4 is 16.0 Å². The van der Waals surface area contributed by atoms with Crippen LogP contribution in [-0.4, -0.2) is 13.5 Å². The monoisotopic (exact) mass is 267 g/mol. The van der Waals surface area contributed by atoms with Crippen LogP contribution in [-0.2, 0) is 10.0 Å². The molecule has 0 aliphatic carbocycles. The fourth-order valence-corrected chi connectivity index (χ4v) is 1.92. The van der Waals surface area contributed by atoms with Gasteiger partial charge in [-0.15, -0.1) is 4.83 Å². The Kier molecular flexibility index (Phi) is 3.73. The molecule has 0 atom stereocenters. The molecule has 0 saturated carbocycles. The Morgan fingerprint density at radius 2 is 2.00 bits per heavy atom. The van der Waals surface area contributed by atoms with Crippen LogP contribution in [0.5, 0.6) is 0 Å². The zero-order valence-electron chi connectivity index (χ0n) is 7.70. The largest absolute Gasteiger partial charge is 0.375 e. The Morgan fingerprint density at radius 1 is 1.38 bits per heavy atom. The van der Waals surface area contributed by atoms with Gasteiger partial charge in [0.2, 0.25) is 0 Å². The van der Waals surface area contributed by atoms with Crippen molar-refractivity contribution >= 4 is 27.4 Å². The molecule has 0 fully saturated rings. The summed E-state index contributed by atoms with van der Waals surface area (Å²) < 4.78 is 48.7. The highest BCUT2D eigenvalue weighted by Gasteiger charge is 2.19. The first-order valence-electron chi connectivity index (χ1n) is 3.85. The molecule has 0 amide bonds. The van der Waals surface area contributed by atoms with Gasteiger partial charge < -0.3 is 5.73 Å². The molecule has 9 heteroatoms. The van der Waals surface area contributed by atoms with E-state index in [1.807, 2.05) is 5.43 Å². The fraction of sp³-hybridized carbons (Fsp3) is 0.